The van der Waals surface area contributed by atoms with Crippen molar-refractivity contribution in [1.82, 2.24) is 10.2 Å². The summed E-state index contributed by atoms with van der Waals surface area (Å²) < 4.78 is 5.06. The van der Waals surface area contributed by atoms with Crippen LogP contribution in [0.15, 0.2) is 29.5 Å². The van der Waals surface area contributed by atoms with Gasteiger partial charge in [0, 0.05) is 6.04 Å². The summed E-state index contributed by atoms with van der Waals surface area (Å²) in [5.74, 6) is 1.88. The second kappa shape index (κ2) is 8.98. The van der Waals surface area contributed by atoms with E-state index in [1.54, 1.807) is 11.0 Å². The number of rotatable bonds is 7. The van der Waals surface area contributed by atoms with Gasteiger partial charge in [0.15, 0.2) is 5.76 Å². The number of amides is 2. The zero-order valence-corrected chi connectivity index (χ0v) is 16.2. The standard InChI is InChI=1S/C19H20Cl2N2O3/c1-4-9-23(19(25)14-11-22-18(24)17(14)26-3)12(2)5-6-13-7-8-15(20)16(21)10-13/h1,7-8,10,12H,5-6,9,11H2,2-3H3,(H,22,24). The highest BCUT2D eigenvalue weighted by molar-refractivity contribution is 6.42. The summed E-state index contributed by atoms with van der Waals surface area (Å²) in [5.41, 5.74) is 1.32. The molecule has 0 saturated carbocycles. The Labute approximate surface area is 163 Å². The maximum absolute atomic E-state index is 12.9. The molecule has 1 aliphatic rings. The van der Waals surface area contributed by atoms with E-state index < -0.39 is 0 Å². The van der Waals surface area contributed by atoms with Crippen LogP contribution in [0.4, 0.5) is 0 Å². The van der Waals surface area contributed by atoms with Gasteiger partial charge in [0.25, 0.3) is 11.8 Å². The quantitative estimate of drug-likeness (QED) is 0.723. The SMILES string of the molecule is C#CCN(C(=O)C1=C(OC)C(=O)NC1)C(C)CCc1ccc(Cl)c(Cl)c1. The number of nitrogens with one attached hydrogen (secondary N) is 1. The molecule has 0 spiro atoms. The number of aryl methyl sites for hydroxylation is 1. The van der Waals surface area contributed by atoms with Crippen LogP contribution in [0.25, 0.3) is 0 Å². The van der Waals surface area contributed by atoms with Crippen molar-refractivity contribution in [2.75, 3.05) is 20.2 Å². The molecule has 5 nitrogen and oxygen atoms in total. The van der Waals surface area contributed by atoms with E-state index in [1.165, 1.54) is 7.11 Å². The summed E-state index contributed by atoms with van der Waals surface area (Å²) in [6.07, 6.45) is 6.83. The van der Waals surface area contributed by atoms with E-state index in [0.717, 1.165) is 5.56 Å². The monoisotopic (exact) mass is 394 g/mol. The molecule has 0 bridgehead atoms. The van der Waals surface area contributed by atoms with Crippen LogP contribution in [0.3, 0.4) is 0 Å². The number of hydrogen-bond donors (Lipinski definition) is 1. The van der Waals surface area contributed by atoms with Gasteiger partial charge in [-0.05, 0) is 37.5 Å². The highest BCUT2D eigenvalue weighted by Crippen LogP contribution is 2.24. The minimum atomic E-state index is -0.389. The van der Waals surface area contributed by atoms with Gasteiger partial charge in [-0.15, -0.1) is 6.42 Å². The lowest BCUT2D eigenvalue weighted by Gasteiger charge is -2.28. The molecule has 7 heteroatoms. The smallest absolute Gasteiger partial charge is 0.287 e. The first-order valence-electron chi connectivity index (χ1n) is 8.12. The van der Waals surface area contributed by atoms with E-state index in [9.17, 15) is 9.59 Å². The Morgan fingerprint density at radius 3 is 2.77 bits per heavy atom. The lowest BCUT2D eigenvalue weighted by Crippen LogP contribution is -2.41. The lowest BCUT2D eigenvalue weighted by atomic mass is 10.0. The van der Waals surface area contributed by atoms with Crippen molar-refractivity contribution in [3.8, 4) is 12.3 Å². The topological polar surface area (TPSA) is 58.6 Å². The summed E-state index contributed by atoms with van der Waals surface area (Å²) >= 11 is 12.0. The fraction of sp³-hybridized carbons (Fsp3) is 0.368. The van der Waals surface area contributed by atoms with Crippen LogP contribution in [-0.4, -0.2) is 43.0 Å². The largest absolute Gasteiger partial charge is 0.491 e. The van der Waals surface area contributed by atoms with Crippen LogP contribution in [0, 0.1) is 12.3 Å². The Balaban J connectivity index is 2.11. The fourth-order valence-electron chi connectivity index (χ4n) is 2.78. The molecule has 0 aliphatic carbocycles. The predicted octanol–water partition coefficient (Wildman–Crippen LogP) is 2.81. The van der Waals surface area contributed by atoms with Crippen LogP contribution < -0.4 is 5.32 Å². The maximum atomic E-state index is 12.9. The molecule has 2 rings (SSSR count). The summed E-state index contributed by atoms with van der Waals surface area (Å²) in [4.78, 5) is 26.2. The van der Waals surface area contributed by atoms with Crippen LogP contribution in [0.2, 0.25) is 10.0 Å². The number of nitrogens with zero attached hydrogens (tertiary/aromatic N) is 1. The number of carbonyl (C=O) groups excluding carboxylic acids is 2. The first kappa shape index (κ1) is 20.2. The first-order valence-corrected chi connectivity index (χ1v) is 8.88. The van der Waals surface area contributed by atoms with Gasteiger partial charge in [0.2, 0.25) is 0 Å². The highest BCUT2D eigenvalue weighted by Gasteiger charge is 2.32. The van der Waals surface area contributed by atoms with E-state index in [-0.39, 0.29) is 36.7 Å². The van der Waals surface area contributed by atoms with Gasteiger partial charge in [-0.2, -0.15) is 0 Å². The summed E-state index contributed by atoms with van der Waals surface area (Å²) in [5, 5.41) is 3.60. The molecular formula is C19H20Cl2N2O3. The molecule has 1 atom stereocenters. The molecule has 1 aromatic carbocycles. The molecule has 2 amide bonds. The van der Waals surface area contributed by atoms with Crippen molar-refractivity contribution in [2.45, 2.75) is 25.8 Å². The zero-order chi connectivity index (χ0) is 19.3. The Morgan fingerprint density at radius 2 is 2.15 bits per heavy atom. The molecule has 1 aliphatic heterocycles. The summed E-state index contributed by atoms with van der Waals surface area (Å²) in [6.45, 7) is 2.21. The molecule has 0 fully saturated rings. The first-order chi connectivity index (χ1) is 12.4. The van der Waals surface area contributed by atoms with Crippen molar-refractivity contribution in [2.24, 2.45) is 0 Å². The van der Waals surface area contributed by atoms with Gasteiger partial charge in [-0.1, -0.05) is 35.2 Å². The van der Waals surface area contributed by atoms with Gasteiger partial charge in [-0.3, -0.25) is 9.59 Å². The predicted molar refractivity (Wildman–Crippen MR) is 102 cm³/mol. The number of carbonyl (C=O) groups is 2. The minimum absolute atomic E-state index is 0.0497. The maximum Gasteiger partial charge on any atom is 0.287 e. The number of halogens is 2. The van der Waals surface area contributed by atoms with Gasteiger partial charge in [0.05, 0.1) is 35.8 Å². The zero-order valence-electron chi connectivity index (χ0n) is 14.6. The molecule has 26 heavy (non-hydrogen) atoms. The lowest BCUT2D eigenvalue weighted by molar-refractivity contribution is -0.129. The molecule has 1 aromatic rings. The van der Waals surface area contributed by atoms with Gasteiger partial charge in [0.1, 0.15) is 0 Å². The minimum Gasteiger partial charge on any atom is -0.491 e. The molecule has 0 radical (unpaired) electrons. The van der Waals surface area contributed by atoms with Gasteiger partial charge in [-0.25, -0.2) is 0 Å². The molecule has 0 aromatic heterocycles. The Hall–Kier alpha value is -2.16. The Morgan fingerprint density at radius 1 is 1.42 bits per heavy atom. The van der Waals surface area contributed by atoms with Crippen molar-refractivity contribution in [1.29, 1.82) is 0 Å². The average Bonchev–Trinajstić information content (AvgIpc) is 3.00. The van der Waals surface area contributed by atoms with E-state index >= 15 is 0 Å². The number of hydrogen-bond acceptors (Lipinski definition) is 3. The summed E-state index contributed by atoms with van der Waals surface area (Å²) in [6, 6.07) is 5.34. The van der Waals surface area contributed by atoms with E-state index in [2.05, 4.69) is 11.2 Å². The summed E-state index contributed by atoms with van der Waals surface area (Å²) in [7, 11) is 1.37. The van der Waals surface area contributed by atoms with Crippen LogP contribution >= 0.6 is 23.2 Å². The van der Waals surface area contributed by atoms with Gasteiger partial charge >= 0.3 is 0 Å². The number of benzene rings is 1. The fourth-order valence-corrected chi connectivity index (χ4v) is 3.10. The third-order valence-corrected chi connectivity index (χ3v) is 5.00. The van der Waals surface area contributed by atoms with Gasteiger partial charge < -0.3 is 15.0 Å². The molecule has 1 N–H and O–H groups in total. The van der Waals surface area contributed by atoms with Crippen molar-refractivity contribution < 1.29 is 14.3 Å². The molecule has 0 saturated heterocycles. The molecule has 1 unspecified atom stereocenters. The van der Waals surface area contributed by atoms with Crippen LogP contribution in [-0.2, 0) is 20.7 Å². The normalized spacial score (nSPS) is 14.7. The highest BCUT2D eigenvalue weighted by atomic mass is 35.5. The third-order valence-electron chi connectivity index (χ3n) is 4.26. The second-order valence-electron chi connectivity index (χ2n) is 5.97. The van der Waals surface area contributed by atoms with Crippen molar-refractivity contribution in [3.05, 3.63) is 45.1 Å². The number of methoxy groups -OCH3 is 1. The van der Waals surface area contributed by atoms with E-state index in [4.69, 9.17) is 34.4 Å². The second-order valence-corrected chi connectivity index (χ2v) is 6.78. The molecule has 138 valence electrons. The number of ether oxygens (including phenoxy) is 1. The Bertz CT molecular complexity index is 783. The average molecular weight is 395 g/mol. The Kier molecular flexibility index (Phi) is 6.96. The molecule has 1 heterocycles. The van der Waals surface area contributed by atoms with Crippen LogP contribution in [0.1, 0.15) is 18.9 Å². The number of terminal acetylenes is 1. The van der Waals surface area contributed by atoms with Crippen molar-refractivity contribution in [3.63, 3.8) is 0 Å². The van der Waals surface area contributed by atoms with E-state index in [0.29, 0.717) is 28.5 Å². The molecular weight excluding hydrogens is 375 g/mol. The van der Waals surface area contributed by atoms with Crippen LogP contribution in [0.5, 0.6) is 0 Å². The third kappa shape index (κ3) is 4.51. The van der Waals surface area contributed by atoms with E-state index in [1.807, 2.05) is 19.1 Å². The van der Waals surface area contributed by atoms with Crippen molar-refractivity contribution >= 4 is 35.0 Å².